The van der Waals surface area contributed by atoms with Gasteiger partial charge in [0, 0.05) is 12.6 Å². The SMILES string of the molecule is COC(=O)/C(=C/c1ccc(C)cc1)CN1CCCCC1CO. The van der Waals surface area contributed by atoms with Crippen molar-refractivity contribution in [2.45, 2.75) is 32.2 Å². The van der Waals surface area contributed by atoms with Gasteiger partial charge in [0.2, 0.25) is 0 Å². The first-order chi connectivity index (χ1) is 10.6. The first-order valence-corrected chi connectivity index (χ1v) is 7.84. The number of rotatable bonds is 5. The van der Waals surface area contributed by atoms with E-state index < -0.39 is 0 Å². The number of benzene rings is 1. The predicted octanol–water partition coefficient (Wildman–Crippen LogP) is 2.40. The minimum absolute atomic E-state index is 0.138. The average Bonchev–Trinajstić information content (AvgIpc) is 2.56. The lowest BCUT2D eigenvalue weighted by molar-refractivity contribution is -0.136. The molecule has 22 heavy (non-hydrogen) atoms. The number of piperidine rings is 1. The highest BCUT2D eigenvalue weighted by Crippen LogP contribution is 2.19. The third-order valence-electron chi connectivity index (χ3n) is 4.20. The second kappa shape index (κ2) is 8.11. The number of hydrogen-bond acceptors (Lipinski definition) is 4. The first-order valence-electron chi connectivity index (χ1n) is 7.84. The van der Waals surface area contributed by atoms with Crippen LogP contribution in [-0.4, -0.2) is 48.8 Å². The van der Waals surface area contributed by atoms with Gasteiger partial charge in [-0.3, -0.25) is 4.90 Å². The van der Waals surface area contributed by atoms with Crippen LogP contribution in [-0.2, 0) is 9.53 Å². The van der Waals surface area contributed by atoms with Crippen molar-refractivity contribution >= 4 is 12.0 Å². The van der Waals surface area contributed by atoms with E-state index in [2.05, 4.69) is 4.90 Å². The zero-order valence-electron chi connectivity index (χ0n) is 13.4. The highest BCUT2D eigenvalue weighted by Gasteiger charge is 2.24. The van der Waals surface area contributed by atoms with Crippen LogP contribution in [0.1, 0.15) is 30.4 Å². The molecule has 1 aromatic carbocycles. The number of aryl methyl sites for hydroxylation is 1. The molecule has 1 saturated heterocycles. The molecule has 1 N–H and O–H groups in total. The molecule has 120 valence electrons. The van der Waals surface area contributed by atoms with E-state index in [0.29, 0.717) is 12.1 Å². The summed E-state index contributed by atoms with van der Waals surface area (Å²) in [5.74, 6) is -0.303. The van der Waals surface area contributed by atoms with Crippen molar-refractivity contribution in [1.29, 1.82) is 0 Å². The second-order valence-corrected chi connectivity index (χ2v) is 5.87. The van der Waals surface area contributed by atoms with Crippen LogP contribution in [0.5, 0.6) is 0 Å². The van der Waals surface area contributed by atoms with Gasteiger partial charge in [0.1, 0.15) is 0 Å². The van der Waals surface area contributed by atoms with Crippen molar-refractivity contribution < 1.29 is 14.6 Å². The topological polar surface area (TPSA) is 49.8 Å². The lowest BCUT2D eigenvalue weighted by Crippen LogP contribution is -2.43. The number of hydrogen-bond donors (Lipinski definition) is 1. The van der Waals surface area contributed by atoms with E-state index >= 15 is 0 Å². The molecule has 0 spiro atoms. The smallest absolute Gasteiger partial charge is 0.335 e. The van der Waals surface area contributed by atoms with E-state index in [-0.39, 0.29) is 18.6 Å². The Morgan fingerprint density at radius 2 is 2.09 bits per heavy atom. The van der Waals surface area contributed by atoms with Gasteiger partial charge in [0.05, 0.1) is 19.3 Å². The van der Waals surface area contributed by atoms with Crippen molar-refractivity contribution in [3.8, 4) is 0 Å². The molecule has 0 bridgehead atoms. The van der Waals surface area contributed by atoms with Crippen molar-refractivity contribution in [1.82, 2.24) is 4.90 Å². The molecule has 0 aliphatic carbocycles. The van der Waals surface area contributed by atoms with Crippen molar-refractivity contribution in [2.24, 2.45) is 0 Å². The lowest BCUT2D eigenvalue weighted by atomic mass is 10.0. The Hall–Kier alpha value is -1.65. The number of methoxy groups -OCH3 is 1. The summed E-state index contributed by atoms with van der Waals surface area (Å²) in [6, 6.07) is 8.19. The fourth-order valence-electron chi connectivity index (χ4n) is 2.86. The van der Waals surface area contributed by atoms with Gasteiger partial charge >= 0.3 is 5.97 Å². The number of esters is 1. The third-order valence-corrected chi connectivity index (χ3v) is 4.20. The van der Waals surface area contributed by atoms with Gasteiger partial charge in [-0.15, -0.1) is 0 Å². The summed E-state index contributed by atoms with van der Waals surface area (Å²) in [7, 11) is 1.41. The molecule has 1 atom stereocenters. The van der Waals surface area contributed by atoms with Crippen LogP contribution in [0.3, 0.4) is 0 Å². The first kappa shape index (κ1) is 16.7. The molecule has 0 aromatic heterocycles. The molecule has 0 radical (unpaired) electrons. The maximum Gasteiger partial charge on any atom is 0.335 e. The second-order valence-electron chi connectivity index (χ2n) is 5.87. The monoisotopic (exact) mass is 303 g/mol. The largest absolute Gasteiger partial charge is 0.466 e. The van der Waals surface area contributed by atoms with Gasteiger partial charge in [0.25, 0.3) is 0 Å². The lowest BCUT2D eigenvalue weighted by Gasteiger charge is -2.34. The van der Waals surface area contributed by atoms with Gasteiger partial charge in [-0.2, -0.15) is 0 Å². The third kappa shape index (κ3) is 4.42. The summed E-state index contributed by atoms with van der Waals surface area (Å²) in [6.45, 7) is 3.60. The minimum atomic E-state index is -0.303. The maximum absolute atomic E-state index is 12.1. The Labute approximate surface area is 132 Å². The molecule has 1 heterocycles. The normalized spacial score (nSPS) is 20.0. The Morgan fingerprint density at radius 3 is 2.73 bits per heavy atom. The van der Waals surface area contributed by atoms with Crippen LogP contribution in [0.25, 0.3) is 6.08 Å². The van der Waals surface area contributed by atoms with Crippen LogP contribution < -0.4 is 0 Å². The van der Waals surface area contributed by atoms with Gasteiger partial charge in [-0.25, -0.2) is 4.79 Å². The van der Waals surface area contributed by atoms with Crippen LogP contribution in [0, 0.1) is 6.92 Å². The molecule has 1 aliphatic heterocycles. The highest BCUT2D eigenvalue weighted by molar-refractivity contribution is 5.94. The molecular formula is C18H25NO3. The van der Waals surface area contributed by atoms with Gasteiger partial charge in [0.15, 0.2) is 0 Å². The number of carbonyl (C=O) groups is 1. The number of likely N-dealkylation sites (tertiary alicyclic amines) is 1. The zero-order chi connectivity index (χ0) is 15.9. The Morgan fingerprint density at radius 1 is 1.36 bits per heavy atom. The molecule has 4 nitrogen and oxygen atoms in total. The van der Waals surface area contributed by atoms with Gasteiger partial charge < -0.3 is 9.84 Å². The number of carbonyl (C=O) groups excluding carboxylic acids is 1. The van der Waals surface area contributed by atoms with Crippen LogP contribution >= 0.6 is 0 Å². The summed E-state index contributed by atoms with van der Waals surface area (Å²) in [6.07, 6.45) is 5.11. The summed E-state index contributed by atoms with van der Waals surface area (Å²) >= 11 is 0. The Bertz CT molecular complexity index is 522. The van der Waals surface area contributed by atoms with Crippen molar-refractivity contribution in [3.05, 3.63) is 41.0 Å². The Balaban J connectivity index is 2.18. The van der Waals surface area contributed by atoms with Gasteiger partial charge in [-0.05, 0) is 37.9 Å². The van der Waals surface area contributed by atoms with E-state index in [1.165, 1.54) is 12.7 Å². The summed E-state index contributed by atoms with van der Waals surface area (Å²) in [5.41, 5.74) is 2.81. The molecule has 1 aliphatic rings. The van der Waals surface area contributed by atoms with Crippen LogP contribution in [0.15, 0.2) is 29.8 Å². The number of aliphatic hydroxyl groups is 1. The molecule has 2 rings (SSSR count). The minimum Gasteiger partial charge on any atom is -0.466 e. The summed E-state index contributed by atoms with van der Waals surface area (Å²) in [5, 5.41) is 9.51. The van der Waals surface area contributed by atoms with Gasteiger partial charge in [-0.1, -0.05) is 36.2 Å². The molecule has 0 saturated carbocycles. The number of nitrogens with zero attached hydrogens (tertiary/aromatic N) is 1. The van der Waals surface area contributed by atoms with Crippen LogP contribution in [0.4, 0.5) is 0 Å². The summed E-state index contributed by atoms with van der Waals surface area (Å²) < 4.78 is 4.92. The molecule has 1 aromatic rings. The fourth-order valence-corrected chi connectivity index (χ4v) is 2.86. The molecule has 1 fully saturated rings. The van der Waals surface area contributed by atoms with Crippen molar-refractivity contribution in [3.63, 3.8) is 0 Å². The van der Waals surface area contributed by atoms with E-state index in [1.807, 2.05) is 37.3 Å². The summed E-state index contributed by atoms with van der Waals surface area (Å²) in [4.78, 5) is 14.3. The highest BCUT2D eigenvalue weighted by atomic mass is 16.5. The van der Waals surface area contributed by atoms with Crippen LogP contribution in [0.2, 0.25) is 0 Å². The molecular weight excluding hydrogens is 278 g/mol. The van der Waals surface area contributed by atoms with E-state index in [4.69, 9.17) is 4.74 Å². The zero-order valence-corrected chi connectivity index (χ0v) is 13.4. The quantitative estimate of drug-likeness (QED) is 0.670. The molecule has 4 heteroatoms. The molecule has 0 amide bonds. The van der Waals surface area contributed by atoms with Crippen molar-refractivity contribution in [2.75, 3.05) is 26.8 Å². The predicted molar refractivity (Wildman–Crippen MR) is 87.5 cm³/mol. The van der Waals surface area contributed by atoms with E-state index in [9.17, 15) is 9.90 Å². The van der Waals surface area contributed by atoms with E-state index in [0.717, 1.165) is 31.4 Å². The standard InChI is InChI=1S/C18H25NO3/c1-14-6-8-15(9-7-14)11-16(18(21)22-2)12-19-10-4-3-5-17(19)13-20/h6-9,11,17,20H,3-5,10,12-13H2,1-2H3/b16-11+. The molecule has 1 unspecified atom stereocenters. The number of ether oxygens (including phenoxy) is 1. The fraction of sp³-hybridized carbons (Fsp3) is 0.500. The van der Waals surface area contributed by atoms with E-state index in [1.54, 1.807) is 0 Å². The Kier molecular flexibility index (Phi) is 6.16. The number of aliphatic hydroxyl groups excluding tert-OH is 1. The average molecular weight is 303 g/mol. The maximum atomic E-state index is 12.1.